The maximum atomic E-state index is 12.1. The number of nitrogens with zero attached hydrogens (tertiary/aromatic N) is 1. The van der Waals surface area contributed by atoms with E-state index in [2.05, 4.69) is 10.6 Å². The smallest absolute Gasteiger partial charge is 0.326 e. The topological polar surface area (TPSA) is 61.4 Å². The van der Waals surface area contributed by atoms with Crippen LogP contribution < -0.4 is 10.6 Å². The first-order valence-corrected chi connectivity index (χ1v) is 6.84. The van der Waals surface area contributed by atoms with E-state index in [-0.39, 0.29) is 18.6 Å². The minimum atomic E-state index is -0.831. The molecule has 2 aromatic rings. The van der Waals surface area contributed by atoms with Gasteiger partial charge >= 0.3 is 6.03 Å². The predicted octanol–water partition coefficient (Wildman–Crippen LogP) is 2.54. The molecule has 0 aromatic heterocycles. The average Bonchev–Trinajstić information content (AvgIpc) is 2.65. The van der Waals surface area contributed by atoms with Crippen molar-refractivity contribution in [2.45, 2.75) is 19.4 Å². The lowest BCUT2D eigenvalue weighted by atomic mass is 10.1. The number of anilines is 1. The van der Waals surface area contributed by atoms with Gasteiger partial charge in [0, 0.05) is 5.69 Å². The van der Waals surface area contributed by atoms with Crippen LogP contribution in [0.3, 0.4) is 0 Å². The first kappa shape index (κ1) is 13.4. The summed E-state index contributed by atoms with van der Waals surface area (Å²) in [5.41, 5.74) is 0.0429. The quantitative estimate of drug-likeness (QED) is 0.851. The van der Waals surface area contributed by atoms with Crippen LogP contribution in [0.4, 0.5) is 10.5 Å². The number of hydrogen-bond donors (Lipinski definition) is 2. The van der Waals surface area contributed by atoms with Crippen LogP contribution in [0.5, 0.6) is 0 Å². The molecular weight excluding hydrogens is 266 g/mol. The van der Waals surface area contributed by atoms with E-state index in [0.29, 0.717) is 0 Å². The molecular formula is C16H17N3O2. The molecule has 0 bridgehead atoms. The van der Waals surface area contributed by atoms with E-state index in [1.54, 1.807) is 13.8 Å². The Hall–Kier alpha value is -2.56. The third kappa shape index (κ3) is 2.42. The van der Waals surface area contributed by atoms with E-state index in [9.17, 15) is 9.59 Å². The normalized spacial score (nSPS) is 17.1. The second-order valence-electron chi connectivity index (χ2n) is 5.69. The van der Waals surface area contributed by atoms with Crippen LogP contribution >= 0.6 is 0 Å². The van der Waals surface area contributed by atoms with Crippen molar-refractivity contribution in [2.24, 2.45) is 0 Å². The lowest BCUT2D eigenvalue weighted by molar-refractivity contribution is -0.129. The van der Waals surface area contributed by atoms with Crippen LogP contribution in [0.15, 0.2) is 42.5 Å². The van der Waals surface area contributed by atoms with Crippen molar-refractivity contribution in [3.63, 3.8) is 0 Å². The predicted molar refractivity (Wildman–Crippen MR) is 81.9 cm³/mol. The second kappa shape index (κ2) is 4.77. The summed E-state index contributed by atoms with van der Waals surface area (Å²) in [5, 5.41) is 8.04. The first-order valence-electron chi connectivity index (χ1n) is 6.84. The van der Waals surface area contributed by atoms with Crippen molar-refractivity contribution in [1.82, 2.24) is 10.2 Å². The molecule has 1 saturated heterocycles. The summed E-state index contributed by atoms with van der Waals surface area (Å²) in [6.07, 6.45) is 0. The zero-order valence-corrected chi connectivity index (χ0v) is 12.0. The minimum Gasteiger partial charge on any atom is -0.367 e. The van der Waals surface area contributed by atoms with E-state index < -0.39 is 5.54 Å². The van der Waals surface area contributed by atoms with Gasteiger partial charge < -0.3 is 10.6 Å². The summed E-state index contributed by atoms with van der Waals surface area (Å²) in [7, 11) is 0. The molecule has 1 heterocycles. The van der Waals surface area contributed by atoms with E-state index in [1.165, 1.54) is 4.90 Å². The van der Waals surface area contributed by atoms with Gasteiger partial charge in [-0.05, 0) is 36.8 Å². The van der Waals surface area contributed by atoms with Gasteiger partial charge in [0.2, 0.25) is 0 Å². The number of urea groups is 1. The number of imide groups is 1. The molecule has 0 atom stereocenters. The van der Waals surface area contributed by atoms with Gasteiger partial charge in [-0.25, -0.2) is 9.69 Å². The van der Waals surface area contributed by atoms with E-state index in [1.807, 2.05) is 42.5 Å². The molecule has 3 amide bonds. The molecule has 1 aliphatic heterocycles. The Morgan fingerprint density at radius 3 is 2.48 bits per heavy atom. The highest BCUT2D eigenvalue weighted by Crippen LogP contribution is 2.20. The molecule has 5 heteroatoms. The van der Waals surface area contributed by atoms with Crippen LogP contribution in [-0.2, 0) is 4.79 Å². The molecule has 0 spiro atoms. The largest absolute Gasteiger partial charge is 0.367 e. The summed E-state index contributed by atoms with van der Waals surface area (Å²) in [6.45, 7) is 3.55. The molecule has 108 valence electrons. The van der Waals surface area contributed by atoms with Crippen molar-refractivity contribution in [3.8, 4) is 0 Å². The highest BCUT2D eigenvalue weighted by atomic mass is 16.2. The van der Waals surface area contributed by atoms with Crippen molar-refractivity contribution >= 4 is 28.4 Å². The summed E-state index contributed by atoms with van der Waals surface area (Å²) in [5.74, 6) is -0.221. The van der Waals surface area contributed by atoms with Crippen molar-refractivity contribution in [2.75, 3.05) is 12.0 Å². The first-order chi connectivity index (χ1) is 9.97. The molecule has 2 aromatic carbocycles. The van der Waals surface area contributed by atoms with Gasteiger partial charge in [-0.1, -0.05) is 30.3 Å². The summed E-state index contributed by atoms with van der Waals surface area (Å²) in [4.78, 5) is 25.1. The fraction of sp³-hybridized carbons (Fsp3) is 0.250. The fourth-order valence-electron chi connectivity index (χ4n) is 2.43. The number of rotatable bonds is 3. The van der Waals surface area contributed by atoms with E-state index >= 15 is 0 Å². The zero-order valence-electron chi connectivity index (χ0n) is 12.0. The number of benzene rings is 2. The third-order valence-electron chi connectivity index (χ3n) is 3.64. The standard InChI is InChI=1S/C16H17N3O2/c1-16(2)14(20)19(15(21)18-16)10-17-13-8-7-11-5-3-4-6-12(11)9-13/h3-9,17H,10H2,1-2H3,(H,18,21). The van der Waals surface area contributed by atoms with E-state index in [0.717, 1.165) is 16.5 Å². The number of fused-ring (bicyclic) bond motifs is 1. The molecule has 3 rings (SSSR count). The Kier molecular flexibility index (Phi) is 3.05. The van der Waals surface area contributed by atoms with Gasteiger partial charge in [-0.3, -0.25) is 4.79 Å². The Morgan fingerprint density at radius 1 is 1.10 bits per heavy atom. The Labute approximate surface area is 122 Å². The highest BCUT2D eigenvalue weighted by molar-refractivity contribution is 6.06. The Bertz CT molecular complexity index is 724. The van der Waals surface area contributed by atoms with Gasteiger partial charge in [0.05, 0.1) is 6.67 Å². The number of carbonyl (C=O) groups is 2. The molecule has 0 radical (unpaired) electrons. The van der Waals surface area contributed by atoms with Gasteiger partial charge in [0.15, 0.2) is 0 Å². The molecule has 1 fully saturated rings. The average molecular weight is 283 g/mol. The molecule has 0 saturated carbocycles. The number of nitrogens with one attached hydrogen (secondary N) is 2. The van der Waals surface area contributed by atoms with Crippen molar-refractivity contribution < 1.29 is 9.59 Å². The van der Waals surface area contributed by atoms with Crippen LogP contribution in [0.2, 0.25) is 0 Å². The van der Waals surface area contributed by atoms with Gasteiger partial charge in [0.1, 0.15) is 5.54 Å². The maximum Gasteiger partial charge on any atom is 0.326 e. The van der Waals surface area contributed by atoms with Crippen molar-refractivity contribution in [3.05, 3.63) is 42.5 Å². The van der Waals surface area contributed by atoms with Gasteiger partial charge in [-0.2, -0.15) is 0 Å². The molecule has 2 N–H and O–H groups in total. The molecule has 21 heavy (non-hydrogen) atoms. The SMILES string of the molecule is CC1(C)NC(=O)N(CNc2ccc3ccccc3c2)C1=O. The van der Waals surface area contributed by atoms with Crippen LogP contribution in [0.25, 0.3) is 10.8 Å². The lowest BCUT2D eigenvalue weighted by Gasteiger charge is -2.17. The lowest BCUT2D eigenvalue weighted by Crippen LogP contribution is -2.41. The molecule has 1 aliphatic rings. The molecule has 5 nitrogen and oxygen atoms in total. The summed E-state index contributed by atoms with van der Waals surface area (Å²) in [6, 6.07) is 13.6. The monoisotopic (exact) mass is 283 g/mol. The Morgan fingerprint density at radius 2 is 1.81 bits per heavy atom. The van der Waals surface area contributed by atoms with Crippen LogP contribution in [0.1, 0.15) is 13.8 Å². The zero-order chi connectivity index (χ0) is 15.0. The fourth-order valence-corrected chi connectivity index (χ4v) is 2.43. The summed E-state index contributed by atoms with van der Waals surface area (Å²) >= 11 is 0. The minimum absolute atomic E-state index is 0.159. The van der Waals surface area contributed by atoms with Crippen LogP contribution in [-0.4, -0.2) is 29.0 Å². The summed E-state index contributed by atoms with van der Waals surface area (Å²) < 4.78 is 0. The number of hydrogen-bond acceptors (Lipinski definition) is 3. The van der Waals surface area contributed by atoms with Crippen LogP contribution in [0, 0.1) is 0 Å². The molecule has 0 aliphatic carbocycles. The van der Waals surface area contributed by atoms with E-state index in [4.69, 9.17) is 0 Å². The number of carbonyl (C=O) groups excluding carboxylic acids is 2. The number of amides is 3. The van der Waals surface area contributed by atoms with Gasteiger partial charge in [0.25, 0.3) is 5.91 Å². The van der Waals surface area contributed by atoms with Gasteiger partial charge in [-0.15, -0.1) is 0 Å². The maximum absolute atomic E-state index is 12.1. The highest BCUT2D eigenvalue weighted by Gasteiger charge is 2.43. The second-order valence-corrected chi connectivity index (χ2v) is 5.69. The van der Waals surface area contributed by atoms with Crippen molar-refractivity contribution in [1.29, 1.82) is 0 Å². The molecule has 0 unspecified atom stereocenters. The third-order valence-corrected chi connectivity index (χ3v) is 3.64. The Balaban J connectivity index is 1.75.